The van der Waals surface area contributed by atoms with Crippen molar-refractivity contribution in [3.63, 3.8) is 0 Å². The fourth-order valence-corrected chi connectivity index (χ4v) is 3.28. The van der Waals surface area contributed by atoms with E-state index in [4.69, 9.17) is 23.2 Å². The summed E-state index contributed by atoms with van der Waals surface area (Å²) >= 11 is 12.1. The number of amides is 1. The highest BCUT2D eigenvalue weighted by Crippen LogP contribution is 2.27. The zero-order chi connectivity index (χ0) is 16.2. The lowest BCUT2D eigenvalue weighted by Gasteiger charge is -2.34. The second-order valence-electron chi connectivity index (χ2n) is 6.62. The van der Waals surface area contributed by atoms with Crippen LogP contribution in [0.4, 0.5) is 0 Å². The molecule has 23 heavy (non-hydrogen) atoms. The summed E-state index contributed by atoms with van der Waals surface area (Å²) in [5, 5.41) is 7.70. The Hall–Kier alpha value is -0.480. The maximum Gasteiger partial charge on any atom is 0.223 e. The van der Waals surface area contributed by atoms with E-state index in [0.717, 1.165) is 38.0 Å². The quantitative estimate of drug-likeness (QED) is 0.808. The summed E-state index contributed by atoms with van der Waals surface area (Å²) in [5.74, 6) is -0.0187. The molecule has 1 amide bonds. The molecule has 6 heteroatoms. The lowest BCUT2D eigenvalue weighted by Crippen LogP contribution is -2.44. The normalized spacial score (nSPS) is 17.9. The van der Waals surface area contributed by atoms with E-state index < -0.39 is 0 Å². The van der Waals surface area contributed by atoms with Crippen molar-refractivity contribution in [1.82, 2.24) is 10.6 Å². The first-order chi connectivity index (χ1) is 10.4. The standard InChI is InChI=1S/C17H24Cl2N2O.ClH/c1-12(9-13-3-4-14(18)10-15(13)19)16(22)21-11-17(2)5-7-20-8-6-17;/h3-4,10,12,20H,5-9,11H2,1-2H3,(H,21,22);1H. The van der Waals surface area contributed by atoms with E-state index in [0.29, 0.717) is 16.5 Å². The first-order valence-corrected chi connectivity index (χ1v) is 8.58. The maximum atomic E-state index is 12.3. The van der Waals surface area contributed by atoms with Crippen LogP contribution < -0.4 is 10.6 Å². The van der Waals surface area contributed by atoms with Crippen molar-refractivity contribution < 1.29 is 4.79 Å². The molecule has 1 aliphatic rings. The minimum atomic E-state index is -0.107. The van der Waals surface area contributed by atoms with Crippen LogP contribution in [0.1, 0.15) is 32.3 Å². The highest BCUT2D eigenvalue weighted by molar-refractivity contribution is 6.35. The number of carbonyl (C=O) groups is 1. The second kappa shape index (κ2) is 9.12. The average molecular weight is 380 g/mol. The Morgan fingerprint density at radius 1 is 1.35 bits per heavy atom. The number of nitrogens with one attached hydrogen (secondary N) is 2. The summed E-state index contributed by atoms with van der Waals surface area (Å²) in [4.78, 5) is 12.3. The minimum absolute atomic E-state index is 0. The number of hydrogen-bond acceptors (Lipinski definition) is 2. The van der Waals surface area contributed by atoms with Gasteiger partial charge >= 0.3 is 0 Å². The monoisotopic (exact) mass is 378 g/mol. The van der Waals surface area contributed by atoms with Gasteiger partial charge < -0.3 is 10.6 Å². The molecule has 1 atom stereocenters. The van der Waals surface area contributed by atoms with Crippen molar-refractivity contribution in [1.29, 1.82) is 0 Å². The Labute approximate surface area is 154 Å². The SMILES string of the molecule is CC(Cc1ccc(Cl)cc1Cl)C(=O)NCC1(C)CCNCC1.Cl. The summed E-state index contributed by atoms with van der Waals surface area (Å²) in [6.45, 7) is 6.98. The summed E-state index contributed by atoms with van der Waals surface area (Å²) in [6.07, 6.45) is 2.83. The molecule has 0 radical (unpaired) electrons. The third-order valence-electron chi connectivity index (χ3n) is 4.49. The Bertz CT molecular complexity index is 531. The molecule has 0 bridgehead atoms. The molecule has 1 aromatic carbocycles. The van der Waals surface area contributed by atoms with Crippen LogP contribution in [-0.4, -0.2) is 25.5 Å². The Balaban J connectivity index is 0.00000264. The zero-order valence-corrected chi connectivity index (χ0v) is 16.0. The van der Waals surface area contributed by atoms with E-state index in [1.165, 1.54) is 0 Å². The predicted molar refractivity (Wildman–Crippen MR) is 99.8 cm³/mol. The van der Waals surface area contributed by atoms with Gasteiger partial charge in [0, 0.05) is 22.5 Å². The summed E-state index contributed by atoms with van der Waals surface area (Å²) in [5.41, 5.74) is 1.17. The molecule has 1 aliphatic heterocycles. The Kier molecular flexibility index (Phi) is 8.15. The van der Waals surface area contributed by atoms with E-state index >= 15 is 0 Å². The molecule has 1 aromatic rings. The Morgan fingerprint density at radius 2 is 2.00 bits per heavy atom. The average Bonchev–Trinajstić information content (AvgIpc) is 2.48. The third kappa shape index (κ3) is 6.15. The molecule has 0 aliphatic carbocycles. The minimum Gasteiger partial charge on any atom is -0.355 e. The molecule has 130 valence electrons. The van der Waals surface area contributed by atoms with Crippen LogP contribution in [-0.2, 0) is 11.2 Å². The highest BCUT2D eigenvalue weighted by atomic mass is 35.5. The molecule has 2 N–H and O–H groups in total. The van der Waals surface area contributed by atoms with Gasteiger partial charge in [-0.3, -0.25) is 4.79 Å². The zero-order valence-electron chi connectivity index (χ0n) is 13.6. The van der Waals surface area contributed by atoms with Crippen LogP contribution in [0.5, 0.6) is 0 Å². The maximum absolute atomic E-state index is 12.3. The van der Waals surface area contributed by atoms with Crippen molar-refractivity contribution in [3.05, 3.63) is 33.8 Å². The number of piperidine rings is 1. The van der Waals surface area contributed by atoms with Gasteiger partial charge in [-0.1, -0.05) is 43.1 Å². The van der Waals surface area contributed by atoms with Crippen LogP contribution in [0.25, 0.3) is 0 Å². The molecular formula is C17H25Cl3N2O. The molecule has 2 rings (SSSR count). The van der Waals surface area contributed by atoms with Gasteiger partial charge in [0.2, 0.25) is 5.91 Å². The first-order valence-electron chi connectivity index (χ1n) is 7.82. The van der Waals surface area contributed by atoms with Gasteiger partial charge in [-0.15, -0.1) is 12.4 Å². The van der Waals surface area contributed by atoms with Gasteiger partial charge in [0.05, 0.1) is 0 Å². The number of rotatable bonds is 5. The van der Waals surface area contributed by atoms with Gasteiger partial charge in [-0.25, -0.2) is 0 Å². The molecule has 1 heterocycles. The van der Waals surface area contributed by atoms with Crippen LogP contribution >= 0.6 is 35.6 Å². The fraction of sp³-hybridized carbons (Fsp3) is 0.588. The van der Waals surface area contributed by atoms with Gasteiger partial charge in [0.1, 0.15) is 0 Å². The number of hydrogen-bond donors (Lipinski definition) is 2. The smallest absolute Gasteiger partial charge is 0.223 e. The van der Waals surface area contributed by atoms with Gasteiger partial charge in [-0.2, -0.15) is 0 Å². The highest BCUT2D eigenvalue weighted by Gasteiger charge is 2.27. The summed E-state index contributed by atoms with van der Waals surface area (Å²) in [6, 6.07) is 5.42. The Morgan fingerprint density at radius 3 is 2.61 bits per heavy atom. The van der Waals surface area contributed by atoms with Crippen molar-refractivity contribution in [3.8, 4) is 0 Å². The van der Waals surface area contributed by atoms with E-state index in [2.05, 4.69) is 17.6 Å². The van der Waals surface area contributed by atoms with E-state index in [1.54, 1.807) is 6.07 Å². The van der Waals surface area contributed by atoms with Crippen LogP contribution in [0, 0.1) is 11.3 Å². The molecule has 3 nitrogen and oxygen atoms in total. The molecule has 1 unspecified atom stereocenters. The van der Waals surface area contributed by atoms with Crippen LogP contribution in [0.3, 0.4) is 0 Å². The summed E-state index contributed by atoms with van der Waals surface area (Å²) in [7, 11) is 0. The number of halogens is 3. The van der Waals surface area contributed by atoms with Crippen molar-refractivity contribution in [2.45, 2.75) is 33.1 Å². The van der Waals surface area contributed by atoms with Crippen LogP contribution in [0.2, 0.25) is 10.0 Å². The second-order valence-corrected chi connectivity index (χ2v) is 7.46. The topological polar surface area (TPSA) is 41.1 Å². The third-order valence-corrected chi connectivity index (χ3v) is 5.08. The molecule has 1 fully saturated rings. The lowest BCUT2D eigenvalue weighted by atomic mass is 9.81. The first kappa shape index (κ1) is 20.6. The molecule has 0 aromatic heterocycles. The predicted octanol–water partition coefficient (Wildman–Crippen LogP) is 4.10. The van der Waals surface area contributed by atoms with Gasteiger partial charge in [0.25, 0.3) is 0 Å². The van der Waals surface area contributed by atoms with Gasteiger partial charge in [-0.05, 0) is 55.5 Å². The van der Waals surface area contributed by atoms with Crippen molar-refractivity contribution >= 4 is 41.5 Å². The number of benzene rings is 1. The lowest BCUT2D eigenvalue weighted by molar-refractivity contribution is -0.125. The number of carbonyl (C=O) groups excluding carboxylic acids is 1. The van der Waals surface area contributed by atoms with Crippen LogP contribution in [0.15, 0.2) is 18.2 Å². The molecule has 1 saturated heterocycles. The van der Waals surface area contributed by atoms with E-state index in [1.807, 2.05) is 19.1 Å². The van der Waals surface area contributed by atoms with Crippen molar-refractivity contribution in [2.24, 2.45) is 11.3 Å². The fourth-order valence-electron chi connectivity index (χ4n) is 2.79. The van der Waals surface area contributed by atoms with Gasteiger partial charge in [0.15, 0.2) is 0 Å². The van der Waals surface area contributed by atoms with Crippen molar-refractivity contribution in [2.75, 3.05) is 19.6 Å². The molecule has 0 saturated carbocycles. The van der Waals surface area contributed by atoms with E-state index in [-0.39, 0.29) is 29.6 Å². The van der Waals surface area contributed by atoms with E-state index in [9.17, 15) is 4.79 Å². The molecule has 0 spiro atoms. The largest absolute Gasteiger partial charge is 0.355 e. The molecular weight excluding hydrogens is 355 g/mol. The summed E-state index contributed by atoms with van der Waals surface area (Å²) < 4.78 is 0.